The third-order valence-electron chi connectivity index (χ3n) is 6.64. The molecule has 2 aromatic carbocycles. The molecule has 0 aliphatic carbocycles. The van der Waals surface area contributed by atoms with Gasteiger partial charge in [0.25, 0.3) is 0 Å². The molecule has 0 fully saturated rings. The maximum Gasteiger partial charge on any atom is 0.318 e. The first-order valence-electron chi connectivity index (χ1n) is 12.8. The van der Waals surface area contributed by atoms with Crippen LogP contribution in [0.1, 0.15) is 48.8 Å². The maximum absolute atomic E-state index is 14.4. The average molecular weight is 516 g/mol. The molecule has 0 unspecified atom stereocenters. The van der Waals surface area contributed by atoms with E-state index in [2.05, 4.69) is 5.32 Å². The lowest BCUT2D eigenvalue weighted by Gasteiger charge is -2.31. The summed E-state index contributed by atoms with van der Waals surface area (Å²) in [5, 5.41) is 7.80. The zero-order valence-electron chi connectivity index (χ0n) is 21.4. The molecule has 0 saturated carbocycles. The van der Waals surface area contributed by atoms with Crippen LogP contribution in [0.5, 0.6) is 0 Å². The molecular weight excluding hydrogens is 485 g/mol. The summed E-state index contributed by atoms with van der Waals surface area (Å²) in [6.07, 6.45) is 2.68. The van der Waals surface area contributed by atoms with Crippen molar-refractivity contribution in [2.45, 2.75) is 39.3 Å². The topological polar surface area (TPSA) is 81.4 Å². The van der Waals surface area contributed by atoms with Gasteiger partial charge in [0.1, 0.15) is 11.6 Å². The molecule has 8 nitrogen and oxygen atoms in total. The van der Waals surface area contributed by atoms with E-state index in [0.717, 1.165) is 28.5 Å². The van der Waals surface area contributed by atoms with Gasteiger partial charge in [0.2, 0.25) is 0 Å². The van der Waals surface area contributed by atoms with Crippen molar-refractivity contribution >= 4 is 12.0 Å². The minimum Gasteiger partial charge on any atom is -0.466 e. The number of hydrogen-bond acceptors (Lipinski definition) is 4. The third kappa shape index (κ3) is 4.79. The molecule has 196 valence electrons. The standard InChI is InChI=1S/C29H30FN5O3/c1-3-24-23-19-34(29(37)31-16-15-26(36)38-4-2)27(20-10-8-11-21(30)18-20)25-14-9-17-33(25)28(23)35(32-24)22-12-6-5-7-13-22/h5-14,17-18,27H,3-4,15-16,19H2,1-2H3,(H,31,37)/t27-/m1/s1. The maximum atomic E-state index is 14.4. The Morgan fingerprint density at radius 3 is 2.63 bits per heavy atom. The van der Waals surface area contributed by atoms with Crippen LogP contribution in [0.2, 0.25) is 0 Å². The lowest BCUT2D eigenvalue weighted by molar-refractivity contribution is -0.142. The summed E-state index contributed by atoms with van der Waals surface area (Å²) < 4.78 is 23.4. The van der Waals surface area contributed by atoms with Crippen LogP contribution in [0.15, 0.2) is 72.9 Å². The molecular formula is C29H30FN5O3. The van der Waals surface area contributed by atoms with E-state index in [0.29, 0.717) is 12.0 Å². The molecule has 0 spiro atoms. The van der Waals surface area contributed by atoms with Gasteiger partial charge in [-0.05, 0) is 55.3 Å². The van der Waals surface area contributed by atoms with Crippen molar-refractivity contribution in [3.63, 3.8) is 0 Å². The van der Waals surface area contributed by atoms with E-state index in [1.54, 1.807) is 17.9 Å². The smallest absolute Gasteiger partial charge is 0.318 e. The van der Waals surface area contributed by atoms with Gasteiger partial charge < -0.3 is 19.5 Å². The fraction of sp³-hybridized carbons (Fsp3) is 0.276. The summed E-state index contributed by atoms with van der Waals surface area (Å²) in [6, 6.07) is 19.1. The van der Waals surface area contributed by atoms with Gasteiger partial charge in [-0.1, -0.05) is 37.3 Å². The number of fused-ring (bicyclic) bond motifs is 3. The van der Waals surface area contributed by atoms with Crippen molar-refractivity contribution in [1.82, 2.24) is 24.6 Å². The number of hydrogen-bond donors (Lipinski definition) is 1. The van der Waals surface area contributed by atoms with Crippen LogP contribution in [0.3, 0.4) is 0 Å². The van der Waals surface area contributed by atoms with E-state index in [9.17, 15) is 14.0 Å². The van der Waals surface area contributed by atoms with Gasteiger partial charge in [-0.2, -0.15) is 5.10 Å². The molecule has 0 bridgehead atoms. The molecule has 1 atom stereocenters. The summed E-state index contributed by atoms with van der Waals surface area (Å²) >= 11 is 0. The molecule has 3 heterocycles. The van der Waals surface area contributed by atoms with E-state index >= 15 is 0 Å². The Bertz CT molecular complexity index is 1450. The first-order valence-corrected chi connectivity index (χ1v) is 12.8. The number of urea groups is 1. The summed E-state index contributed by atoms with van der Waals surface area (Å²) in [4.78, 5) is 27.2. The predicted molar refractivity (Wildman–Crippen MR) is 141 cm³/mol. The van der Waals surface area contributed by atoms with E-state index in [4.69, 9.17) is 9.84 Å². The van der Waals surface area contributed by atoms with Gasteiger partial charge in [-0.15, -0.1) is 0 Å². The van der Waals surface area contributed by atoms with Gasteiger partial charge in [0.15, 0.2) is 0 Å². The highest BCUT2D eigenvalue weighted by Crippen LogP contribution is 2.38. The van der Waals surface area contributed by atoms with E-state index in [1.165, 1.54) is 12.1 Å². The van der Waals surface area contributed by atoms with Crippen molar-refractivity contribution < 1.29 is 18.7 Å². The highest BCUT2D eigenvalue weighted by atomic mass is 19.1. The van der Waals surface area contributed by atoms with Crippen molar-refractivity contribution in [3.8, 4) is 11.5 Å². The average Bonchev–Trinajstić information content (AvgIpc) is 3.50. The molecule has 0 saturated heterocycles. The largest absolute Gasteiger partial charge is 0.466 e. The van der Waals surface area contributed by atoms with Crippen LogP contribution in [0.25, 0.3) is 11.5 Å². The van der Waals surface area contributed by atoms with Crippen LogP contribution in [0, 0.1) is 5.82 Å². The number of amides is 2. The Hall–Kier alpha value is -4.40. The van der Waals surface area contributed by atoms with Crippen LogP contribution in [-0.2, 0) is 22.5 Å². The van der Waals surface area contributed by atoms with E-state index in [1.807, 2.05) is 70.9 Å². The number of aryl methyl sites for hydroxylation is 1. The fourth-order valence-electron chi connectivity index (χ4n) is 4.98. The number of carbonyl (C=O) groups excluding carboxylic acids is 2. The van der Waals surface area contributed by atoms with Gasteiger partial charge in [-0.25, -0.2) is 13.9 Å². The number of carbonyl (C=O) groups is 2. The zero-order valence-corrected chi connectivity index (χ0v) is 21.4. The van der Waals surface area contributed by atoms with Gasteiger partial charge >= 0.3 is 12.0 Å². The first kappa shape index (κ1) is 25.3. The van der Waals surface area contributed by atoms with Crippen molar-refractivity contribution in [2.24, 2.45) is 0 Å². The molecule has 4 aromatic rings. The minimum atomic E-state index is -0.579. The molecule has 5 rings (SSSR count). The second kappa shape index (κ2) is 10.9. The molecule has 2 amide bonds. The first-order chi connectivity index (χ1) is 18.5. The number of rotatable bonds is 7. The number of nitrogens with one attached hydrogen (secondary N) is 1. The SMILES string of the molecule is CCOC(=O)CCNC(=O)N1Cc2c(CC)nn(-c3ccccc3)c2-n2cccc2[C@H]1c1cccc(F)c1. The Morgan fingerprint density at radius 1 is 1.08 bits per heavy atom. The molecule has 1 aliphatic heterocycles. The highest BCUT2D eigenvalue weighted by Gasteiger charge is 2.36. The second-order valence-electron chi connectivity index (χ2n) is 9.03. The molecule has 1 aliphatic rings. The van der Waals surface area contributed by atoms with Crippen molar-refractivity contribution in [1.29, 1.82) is 0 Å². The predicted octanol–water partition coefficient (Wildman–Crippen LogP) is 4.93. The van der Waals surface area contributed by atoms with Crippen LogP contribution in [0.4, 0.5) is 9.18 Å². The Morgan fingerprint density at radius 2 is 1.89 bits per heavy atom. The Balaban J connectivity index is 1.63. The third-order valence-corrected chi connectivity index (χ3v) is 6.64. The summed E-state index contributed by atoms with van der Waals surface area (Å²) in [7, 11) is 0. The van der Waals surface area contributed by atoms with Crippen molar-refractivity contribution in [3.05, 3.63) is 101 Å². The van der Waals surface area contributed by atoms with Crippen LogP contribution >= 0.6 is 0 Å². The Kier molecular flexibility index (Phi) is 7.26. The second-order valence-corrected chi connectivity index (χ2v) is 9.03. The minimum absolute atomic E-state index is 0.0613. The van der Waals surface area contributed by atoms with Crippen molar-refractivity contribution in [2.75, 3.05) is 13.2 Å². The number of esters is 1. The molecule has 38 heavy (non-hydrogen) atoms. The number of benzene rings is 2. The van der Waals surface area contributed by atoms with Crippen LogP contribution in [-0.4, -0.2) is 44.4 Å². The number of halogens is 1. The quantitative estimate of drug-likeness (QED) is 0.354. The summed E-state index contributed by atoms with van der Waals surface area (Å²) in [5.74, 6) is 0.0879. The monoisotopic (exact) mass is 515 g/mol. The summed E-state index contributed by atoms with van der Waals surface area (Å²) in [5.41, 5.74) is 4.13. The Labute approximate surface area is 220 Å². The zero-order chi connectivity index (χ0) is 26.6. The van der Waals surface area contributed by atoms with E-state index in [-0.39, 0.29) is 43.9 Å². The van der Waals surface area contributed by atoms with E-state index < -0.39 is 6.04 Å². The molecule has 2 aromatic heterocycles. The van der Waals surface area contributed by atoms with Crippen LogP contribution < -0.4 is 5.32 Å². The molecule has 1 N–H and O–H groups in total. The van der Waals surface area contributed by atoms with Gasteiger partial charge in [0, 0.05) is 18.3 Å². The fourth-order valence-corrected chi connectivity index (χ4v) is 4.98. The normalized spacial score (nSPS) is 14.4. The number of nitrogens with zero attached hydrogens (tertiary/aromatic N) is 4. The van der Waals surface area contributed by atoms with Gasteiger partial charge in [0.05, 0.1) is 42.7 Å². The summed E-state index contributed by atoms with van der Waals surface area (Å²) in [6.45, 7) is 4.44. The molecule has 9 heteroatoms. The number of para-hydroxylation sites is 1. The molecule has 0 radical (unpaired) electrons. The highest BCUT2D eigenvalue weighted by molar-refractivity contribution is 5.77. The number of aromatic nitrogens is 3. The lowest BCUT2D eigenvalue weighted by Crippen LogP contribution is -2.42. The lowest BCUT2D eigenvalue weighted by atomic mass is 10.0. The number of ether oxygens (including phenoxy) is 1. The van der Waals surface area contributed by atoms with Gasteiger partial charge in [-0.3, -0.25) is 4.79 Å².